The van der Waals surface area contributed by atoms with Gasteiger partial charge in [-0.3, -0.25) is 9.59 Å². The molecule has 136 valence electrons. The predicted octanol–water partition coefficient (Wildman–Crippen LogP) is 1.76. The van der Waals surface area contributed by atoms with Gasteiger partial charge >= 0.3 is 0 Å². The quantitative estimate of drug-likeness (QED) is 0.824. The Morgan fingerprint density at radius 2 is 1.96 bits per heavy atom. The molecule has 1 aliphatic rings. The summed E-state index contributed by atoms with van der Waals surface area (Å²) >= 11 is 0. The number of amides is 2. The molecule has 1 aromatic heterocycles. The van der Waals surface area contributed by atoms with Crippen LogP contribution in [0.15, 0.2) is 48.9 Å². The molecule has 3 rings (SSSR count). The largest absolute Gasteiger partial charge is 0.352 e. The fourth-order valence-electron chi connectivity index (χ4n) is 3.17. The molecule has 0 radical (unpaired) electrons. The fraction of sp³-hybridized carbons (Fsp3) is 0.400. The maximum Gasteiger partial charge on any atom is 0.222 e. The summed E-state index contributed by atoms with van der Waals surface area (Å²) in [6, 6.07) is 11.9. The van der Waals surface area contributed by atoms with Gasteiger partial charge in [-0.15, -0.1) is 0 Å². The minimum Gasteiger partial charge on any atom is -0.352 e. The van der Waals surface area contributed by atoms with Crippen molar-refractivity contribution in [3.8, 4) is 0 Å². The van der Waals surface area contributed by atoms with Crippen molar-refractivity contribution in [3.05, 3.63) is 60.2 Å². The van der Waals surface area contributed by atoms with E-state index >= 15 is 0 Å². The molecule has 1 aliphatic heterocycles. The molecule has 1 saturated heterocycles. The van der Waals surface area contributed by atoms with E-state index in [2.05, 4.69) is 15.3 Å². The van der Waals surface area contributed by atoms with E-state index < -0.39 is 0 Å². The molecular formula is C20H24N4O2. The second kappa shape index (κ2) is 9.08. The van der Waals surface area contributed by atoms with Crippen LogP contribution in [0.5, 0.6) is 0 Å². The van der Waals surface area contributed by atoms with Crippen molar-refractivity contribution in [2.75, 3.05) is 13.1 Å². The Bertz CT molecular complexity index is 721. The predicted molar refractivity (Wildman–Crippen MR) is 98.2 cm³/mol. The molecule has 1 fully saturated rings. The van der Waals surface area contributed by atoms with E-state index in [1.807, 2.05) is 41.3 Å². The zero-order chi connectivity index (χ0) is 18.2. The van der Waals surface area contributed by atoms with E-state index in [4.69, 9.17) is 0 Å². The molecule has 6 heteroatoms. The van der Waals surface area contributed by atoms with Crippen LogP contribution in [0.25, 0.3) is 0 Å². The number of nitrogens with zero attached hydrogens (tertiary/aromatic N) is 3. The standard InChI is InChI=1S/C20H24N4O2/c25-19(8-7-17-10-12-21-15-22-17)23-18-11-13-24(14-18)20(26)9-6-16-4-2-1-3-5-16/h1-5,10,12,15,18H,6-9,11,13-14H2,(H,23,25). The summed E-state index contributed by atoms with van der Waals surface area (Å²) < 4.78 is 0. The van der Waals surface area contributed by atoms with Crippen LogP contribution in [-0.2, 0) is 22.4 Å². The Morgan fingerprint density at radius 3 is 2.73 bits per heavy atom. The van der Waals surface area contributed by atoms with Crippen molar-refractivity contribution in [3.63, 3.8) is 0 Å². The number of hydrogen-bond donors (Lipinski definition) is 1. The highest BCUT2D eigenvalue weighted by Gasteiger charge is 2.26. The highest BCUT2D eigenvalue weighted by atomic mass is 16.2. The zero-order valence-corrected chi connectivity index (χ0v) is 14.8. The zero-order valence-electron chi connectivity index (χ0n) is 14.8. The van der Waals surface area contributed by atoms with Gasteiger partial charge in [0.2, 0.25) is 11.8 Å². The summed E-state index contributed by atoms with van der Waals surface area (Å²) in [6.45, 7) is 1.32. The first-order valence-corrected chi connectivity index (χ1v) is 9.06. The minimum absolute atomic E-state index is 0.00666. The van der Waals surface area contributed by atoms with E-state index in [-0.39, 0.29) is 17.9 Å². The average Bonchev–Trinajstić information content (AvgIpc) is 3.14. The summed E-state index contributed by atoms with van der Waals surface area (Å²) in [7, 11) is 0. The van der Waals surface area contributed by atoms with Crippen LogP contribution in [-0.4, -0.2) is 45.8 Å². The number of carbonyl (C=O) groups excluding carboxylic acids is 2. The van der Waals surface area contributed by atoms with Gasteiger partial charge in [-0.05, 0) is 30.9 Å². The minimum atomic E-state index is 0.00666. The van der Waals surface area contributed by atoms with Crippen molar-refractivity contribution in [2.45, 2.75) is 38.1 Å². The van der Waals surface area contributed by atoms with Gasteiger partial charge in [0.25, 0.3) is 0 Å². The molecule has 2 heterocycles. The Kier molecular flexibility index (Phi) is 6.30. The van der Waals surface area contributed by atoms with E-state index in [1.54, 1.807) is 6.20 Å². The first-order chi connectivity index (χ1) is 12.7. The molecule has 26 heavy (non-hydrogen) atoms. The number of rotatable bonds is 7. The Hall–Kier alpha value is -2.76. The summed E-state index contributed by atoms with van der Waals surface area (Å²) in [6.07, 6.45) is 6.25. The molecule has 6 nitrogen and oxygen atoms in total. The number of aryl methyl sites for hydroxylation is 2. The van der Waals surface area contributed by atoms with Gasteiger partial charge in [-0.1, -0.05) is 30.3 Å². The fourth-order valence-corrected chi connectivity index (χ4v) is 3.17. The third-order valence-corrected chi connectivity index (χ3v) is 4.63. The Balaban J connectivity index is 1.37. The second-order valence-electron chi connectivity index (χ2n) is 6.58. The summed E-state index contributed by atoms with van der Waals surface area (Å²) in [4.78, 5) is 34.3. The summed E-state index contributed by atoms with van der Waals surface area (Å²) in [5.41, 5.74) is 2.04. The number of hydrogen-bond acceptors (Lipinski definition) is 4. The van der Waals surface area contributed by atoms with Crippen LogP contribution in [0.1, 0.15) is 30.5 Å². The lowest BCUT2D eigenvalue weighted by Gasteiger charge is -2.17. The first-order valence-electron chi connectivity index (χ1n) is 9.06. The molecule has 2 aromatic rings. The molecule has 0 spiro atoms. The van der Waals surface area contributed by atoms with Crippen molar-refractivity contribution < 1.29 is 9.59 Å². The number of benzene rings is 1. The van der Waals surface area contributed by atoms with E-state index in [0.29, 0.717) is 32.4 Å². The van der Waals surface area contributed by atoms with Crippen LogP contribution in [0.4, 0.5) is 0 Å². The summed E-state index contributed by atoms with van der Waals surface area (Å²) in [5, 5.41) is 3.03. The SMILES string of the molecule is O=C(CCc1ccncn1)NC1CCN(C(=O)CCc2ccccc2)C1. The molecule has 1 N–H and O–H groups in total. The smallest absolute Gasteiger partial charge is 0.222 e. The van der Waals surface area contributed by atoms with Crippen LogP contribution in [0.2, 0.25) is 0 Å². The van der Waals surface area contributed by atoms with Crippen molar-refractivity contribution in [1.29, 1.82) is 0 Å². The van der Waals surface area contributed by atoms with Crippen LogP contribution >= 0.6 is 0 Å². The highest BCUT2D eigenvalue weighted by Crippen LogP contribution is 2.13. The lowest BCUT2D eigenvalue weighted by atomic mass is 10.1. The van der Waals surface area contributed by atoms with Crippen LogP contribution in [0.3, 0.4) is 0 Å². The van der Waals surface area contributed by atoms with Gasteiger partial charge in [0.15, 0.2) is 0 Å². The average molecular weight is 352 g/mol. The maximum atomic E-state index is 12.4. The van der Waals surface area contributed by atoms with Gasteiger partial charge in [-0.25, -0.2) is 9.97 Å². The number of aromatic nitrogens is 2. The molecule has 1 unspecified atom stereocenters. The van der Waals surface area contributed by atoms with E-state index in [0.717, 1.165) is 18.5 Å². The van der Waals surface area contributed by atoms with E-state index in [1.165, 1.54) is 11.9 Å². The van der Waals surface area contributed by atoms with Crippen LogP contribution in [0, 0.1) is 0 Å². The normalized spacial score (nSPS) is 16.5. The van der Waals surface area contributed by atoms with Crippen molar-refractivity contribution in [1.82, 2.24) is 20.2 Å². The first kappa shape index (κ1) is 18.0. The van der Waals surface area contributed by atoms with Gasteiger partial charge in [0.1, 0.15) is 6.33 Å². The van der Waals surface area contributed by atoms with E-state index in [9.17, 15) is 9.59 Å². The molecule has 1 atom stereocenters. The van der Waals surface area contributed by atoms with Crippen LogP contribution < -0.4 is 5.32 Å². The Morgan fingerprint density at radius 1 is 1.12 bits per heavy atom. The number of carbonyl (C=O) groups is 2. The van der Waals surface area contributed by atoms with Gasteiger partial charge < -0.3 is 10.2 Å². The molecule has 0 saturated carbocycles. The monoisotopic (exact) mass is 352 g/mol. The molecule has 1 aromatic carbocycles. The second-order valence-corrected chi connectivity index (χ2v) is 6.58. The molecular weight excluding hydrogens is 328 g/mol. The lowest BCUT2D eigenvalue weighted by Crippen LogP contribution is -2.38. The van der Waals surface area contributed by atoms with Crippen molar-refractivity contribution >= 4 is 11.8 Å². The van der Waals surface area contributed by atoms with Gasteiger partial charge in [0, 0.05) is 43.9 Å². The number of nitrogens with one attached hydrogen (secondary N) is 1. The summed E-state index contributed by atoms with van der Waals surface area (Å²) in [5.74, 6) is 0.166. The van der Waals surface area contributed by atoms with Gasteiger partial charge in [-0.2, -0.15) is 0 Å². The van der Waals surface area contributed by atoms with Gasteiger partial charge in [0.05, 0.1) is 0 Å². The lowest BCUT2D eigenvalue weighted by molar-refractivity contribution is -0.130. The molecule has 0 bridgehead atoms. The van der Waals surface area contributed by atoms with Crippen molar-refractivity contribution in [2.24, 2.45) is 0 Å². The third kappa shape index (κ3) is 5.37. The highest BCUT2D eigenvalue weighted by molar-refractivity contribution is 5.78. The molecule has 2 amide bonds. The molecule has 0 aliphatic carbocycles. The topological polar surface area (TPSA) is 75.2 Å². The Labute approximate surface area is 153 Å². The third-order valence-electron chi connectivity index (χ3n) is 4.63. The maximum absolute atomic E-state index is 12.4. The number of likely N-dealkylation sites (tertiary alicyclic amines) is 1.